The van der Waals surface area contributed by atoms with E-state index in [-0.39, 0.29) is 5.91 Å². The van der Waals surface area contributed by atoms with Gasteiger partial charge in [-0.25, -0.2) is 8.42 Å². The molecule has 0 aliphatic heterocycles. The van der Waals surface area contributed by atoms with Crippen LogP contribution in [0.4, 0.5) is 11.4 Å². The standard InChI is InChI=1S/C17H20N2O4S/c1-4-23-16-9-8-13(10-12(16)2)17(20)18-14-6-5-7-15(11-14)19-24(3,21)22/h5-11,19H,4H2,1-3H3,(H,18,20). The van der Waals surface area contributed by atoms with Crippen LogP contribution in [0.25, 0.3) is 0 Å². The van der Waals surface area contributed by atoms with Crippen LogP contribution in [0.15, 0.2) is 42.5 Å². The molecule has 0 unspecified atom stereocenters. The van der Waals surface area contributed by atoms with Crippen LogP contribution in [0.2, 0.25) is 0 Å². The van der Waals surface area contributed by atoms with Crippen molar-refractivity contribution in [1.82, 2.24) is 0 Å². The number of sulfonamides is 1. The van der Waals surface area contributed by atoms with Crippen LogP contribution in [0.1, 0.15) is 22.8 Å². The number of aryl methyl sites for hydroxylation is 1. The molecule has 0 aliphatic rings. The fraction of sp³-hybridized carbons (Fsp3) is 0.235. The predicted octanol–water partition coefficient (Wildman–Crippen LogP) is 3.02. The summed E-state index contributed by atoms with van der Waals surface area (Å²) < 4.78 is 30.4. The van der Waals surface area contributed by atoms with E-state index >= 15 is 0 Å². The number of benzene rings is 2. The maximum Gasteiger partial charge on any atom is 0.255 e. The molecule has 0 spiro atoms. The molecule has 0 radical (unpaired) electrons. The highest BCUT2D eigenvalue weighted by Gasteiger charge is 2.10. The monoisotopic (exact) mass is 348 g/mol. The second-order valence-electron chi connectivity index (χ2n) is 5.32. The zero-order valence-corrected chi connectivity index (χ0v) is 14.6. The topological polar surface area (TPSA) is 84.5 Å². The number of hydrogen-bond donors (Lipinski definition) is 2. The van der Waals surface area contributed by atoms with Crippen LogP contribution in [0.3, 0.4) is 0 Å². The van der Waals surface area contributed by atoms with E-state index in [4.69, 9.17) is 4.74 Å². The summed E-state index contributed by atoms with van der Waals surface area (Å²) >= 11 is 0. The van der Waals surface area contributed by atoms with Gasteiger partial charge in [-0.05, 0) is 55.8 Å². The molecule has 0 atom stereocenters. The van der Waals surface area contributed by atoms with Gasteiger partial charge < -0.3 is 10.1 Å². The van der Waals surface area contributed by atoms with Crippen LogP contribution < -0.4 is 14.8 Å². The lowest BCUT2D eigenvalue weighted by Gasteiger charge is -2.11. The summed E-state index contributed by atoms with van der Waals surface area (Å²) in [6.07, 6.45) is 1.07. The Balaban J connectivity index is 2.15. The number of ether oxygens (including phenoxy) is 1. The van der Waals surface area contributed by atoms with Gasteiger partial charge in [0.15, 0.2) is 0 Å². The van der Waals surface area contributed by atoms with E-state index in [2.05, 4.69) is 10.0 Å². The summed E-state index contributed by atoms with van der Waals surface area (Å²) in [5, 5.41) is 2.75. The van der Waals surface area contributed by atoms with Crippen molar-refractivity contribution in [2.75, 3.05) is 22.9 Å². The highest BCUT2D eigenvalue weighted by atomic mass is 32.2. The first kappa shape index (κ1) is 17.8. The minimum absolute atomic E-state index is 0.280. The van der Waals surface area contributed by atoms with Crippen LogP contribution >= 0.6 is 0 Å². The number of anilines is 2. The minimum Gasteiger partial charge on any atom is -0.494 e. The van der Waals surface area contributed by atoms with Crippen molar-refractivity contribution in [3.8, 4) is 5.75 Å². The molecule has 2 rings (SSSR count). The molecule has 2 aromatic rings. The molecule has 128 valence electrons. The lowest BCUT2D eigenvalue weighted by molar-refractivity contribution is 0.102. The summed E-state index contributed by atoms with van der Waals surface area (Å²) in [7, 11) is -3.37. The van der Waals surface area contributed by atoms with Gasteiger partial charge in [0, 0.05) is 11.3 Å². The third kappa shape index (κ3) is 4.99. The summed E-state index contributed by atoms with van der Waals surface area (Å²) in [6.45, 7) is 4.34. The Labute approximate surface area is 141 Å². The van der Waals surface area contributed by atoms with Gasteiger partial charge in [0.25, 0.3) is 5.91 Å². The van der Waals surface area contributed by atoms with Crippen molar-refractivity contribution in [1.29, 1.82) is 0 Å². The van der Waals surface area contributed by atoms with Crippen molar-refractivity contribution in [3.05, 3.63) is 53.6 Å². The van der Waals surface area contributed by atoms with Gasteiger partial charge >= 0.3 is 0 Å². The number of carbonyl (C=O) groups is 1. The molecule has 0 saturated heterocycles. The van der Waals surface area contributed by atoms with Crippen molar-refractivity contribution in [2.45, 2.75) is 13.8 Å². The first-order valence-corrected chi connectivity index (χ1v) is 9.30. The Bertz CT molecular complexity index is 847. The Morgan fingerprint density at radius 1 is 1.12 bits per heavy atom. The van der Waals surface area contributed by atoms with Gasteiger partial charge in [-0.1, -0.05) is 6.07 Å². The molecule has 0 bridgehead atoms. The van der Waals surface area contributed by atoms with Crippen LogP contribution in [-0.2, 0) is 10.0 Å². The quantitative estimate of drug-likeness (QED) is 0.840. The van der Waals surface area contributed by atoms with E-state index in [0.29, 0.717) is 23.5 Å². The lowest BCUT2D eigenvalue weighted by atomic mass is 10.1. The molecule has 7 heteroatoms. The molecule has 1 amide bonds. The van der Waals surface area contributed by atoms with Gasteiger partial charge in [0.1, 0.15) is 5.75 Å². The normalized spacial score (nSPS) is 11.0. The van der Waals surface area contributed by atoms with Gasteiger partial charge in [0.05, 0.1) is 18.6 Å². The summed E-state index contributed by atoms with van der Waals surface area (Å²) in [5.41, 5.74) is 2.26. The highest BCUT2D eigenvalue weighted by molar-refractivity contribution is 7.92. The molecule has 0 heterocycles. The Kier molecular flexibility index (Phi) is 5.46. The third-order valence-electron chi connectivity index (χ3n) is 3.16. The fourth-order valence-electron chi connectivity index (χ4n) is 2.19. The molecule has 0 saturated carbocycles. The maximum absolute atomic E-state index is 12.3. The molecule has 24 heavy (non-hydrogen) atoms. The molecular weight excluding hydrogens is 328 g/mol. The summed E-state index contributed by atoms with van der Waals surface area (Å²) in [5.74, 6) is 0.464. The van der Waals surface area contributed by atoms with E-state index < -0.39 is 10.0 Å². The SMILES string of the molecule is CCOc1ccc(C(=O)Nc2cccc(NS(C)(=O)=O)c2)cc1C. The van der Waals surface area contributed by atoms with E-state index in [1.165, 1.54) is 0 Å². The maximum atomic E-state index is 12.3. The zero-order chi connectivity index (χ0) is 17.7. The molecule has 2 aromatic carbocycles. The number of hydrogen-bond acceptors (Lipinski definition) is 4. The average molecular weight is 348 g/mol. The van der Waals surface area contributed by atoms with Crippen molar-refractivity contribution in [3.63, 3.8) is 0 Å². The van der Waals surface area contributed by atoms with E-state index in [9.17, 15) is 13.2 Å². The molecular formula is C17H20N2O4S. The highest BCUT2D eigenvalue weighted by Crippen LogP contribution is 2.21. The predicted molar refractivity (Wildman–Crippen MR) is 95.2 cm³/mol. The smallest absolute Gasteiger partial charge is 0.255 e. The Hall–Kier alpha value is -2.54. The number of nitrogens with one attached hydrogen (secondary N) is 2. The van der Waals surface area contributed by atoms with Crippen LogP contribution in [0.5, 0.6) is 5.75 Å². The fourth-order valence-corrected chi connectivity index (χ4v) is 2.74. The number of carbonyl (C=O) groups excluding carboxylic acids is 1. The Morgan fingerprint density at radius 3 is 2.46 bits per heavy atom. The largest absolute Gasteiger partial charge is 0.494 e. The minimum atomic E-state index is -3.37. The van der Waals surface area contributed by atoms with E-state index in [0.717, 1.165) is 17.6 Å². The first-order chi connectivity index (χ1) is 11.3. The first-order valence-electron chi connectivity index (χ1n) is 7.41. The van der Waals surface area contributed by atoms with Gasteiger partial charge in [-0.15, -0.1) is 0 Å². The lowest BCUT2D eigenvalue weighted by Crippen LogP contribution is -2.13. The number of rotatable bonds is 6. The molecule has 0 aromatic heterocycles. The van der Waals surface area contributed by atoms with Crippen LogP contribution in [0, 0.1) is 6.92 Å². The van der Waals surface area contributed by atoms with Crippen molar-refractivity contribution in [2.24, 2.45) is 0 Å². The summed E-state index contributed by atoms with van der Waals surface area (Å²) in [4.78, 5) is 12.3. The van der Waals surface area contributed by atoms with Gasteiger partial charge in [-0.2, -0.15) is 0 Å². The Morgan fingerprint density at radius 2 is 1.83 bits per heavy atom. The van der Waals surface area contributed by atoms with Crippen molar-refractivity contribution >= 4 is 27.3 Å². The van der Waals surface area contributed by atoms with Gasteiger partial charge in [-0.3, -0.25) is 9.52 Å². The second-order valence-corrected chi connectivity index (χ2v) is 7.07. The van der Waals surface area contributed by atoms with Crippen LogP contribution in [-0.4, -0.2) is 27.2 Å². The van der Waals surface area contributed by atoms with E-state index in [1.54, 1.807) is 42.5 Å². The van der Waals surface area contributed by atoms with Crippen molar-refractivity contribution < 1.29 is 17.9 Å². The molecule has 0 fully saturated rings. The molecule has 6 nitrogen and oxygen atoms in total. The average Bonchev–Trinajstić information content (AvgIpc) is 2.48. The van der Waals surface area contributed by atoms with Gasteiger partial charge in [0.2, 0.25) is 10.0 Å². The second kappa shape index (κ2) is 7.35. The summed E-state index contributed by atoms with van der Waals surface area (Å²) in [6, 6.07) is 11.7. The molecule has 2 N–H and O–H groups in total. The zero-order valence-electron chi connectivity index (χ0n) is 13.8. The molecule has 0 aliphatic carbocycles. The van der Waals surface area contributed by atoms with E-state index in [1.807, 2.05) is 13.8 Å². The number of amides is 1. The third-order valence-corrected chi connectivity index (χ3v) is 3.77.